The minimum Gasteiger partial charge on any atom is -0.423 e. The molecule has 0 spiro atoms. The van der Waals surface area contributed by atoms with Crippen LogP contribution in [0, 0.1) is 5.82 Å². The number of hydrogen-bond donors (Lipinski definition) is 2. The first-order chi connectivity index (χ1) is 14.1. The lowest BCUT2D eigenvalue weighted by Gasteiger charge is -2.05. The highest BCUT2D eigenvalue weighted by Crippen LogP contribution is 2.14. The molecule has 3 rings (SSSR count). The molecule has 0 aromatic heterocycles. The number of halogens is 1. The lowest BCUT2D eigenvalue weighted by molar-refractivity contribution is -0.119. The van der Waals surface area contributed by atoms with Crippen molar-refractivity contribution < 1.29 is 18.7 Å². The number of esters is 1. The van der Waals surface area contributed by atoms with E-state index in [9.17, 15) is 14.0 Å². The maximum atomic E-state index is 13.2. The van der Waals surface area contributed by atoms with Crippen molar-refractivity contribution in [1.29, 1.82) is 0 Å². The van der Waals surface area contributed by atoms with Crippen molar-refractivity contribution in [2.75, 3.05) is 11.9 Å². The molecule has 0 saturated heterocycles. The minimum absolute atomic E-state index is 0.0936. The fourth-order valence-corrected chi connectivity index (χ4v) is 2.36. The maximum absolute atomic E-state index is 13.2. The molecule has 0 aliphatic heterocycles. The van der Waals surface area contributed by atoms with E-state index in [1.165, 1.54) is 24.4 Å². The number of amides is 1. The van der Waals surface area contributed by atoms with Gasteiger partial charge in [0.05, 0.1) is 18.3 Å². The zero-order chi connectivity index (χ0) is 20.5. The van der Waals surface area contributed by atoms with E-state index in [0.29, 0.717) is 11.3 Å². The molecular formula is C22H18FN3O3. The summed E-state index contributed by atoms with van der Waals surface area (Å²) in [5, 5.41) is 6.87. The first-order valence-corrected chi connectivity index (χ1v) is 8.79. The van der Waals surface area contributed by atoms with Crippen molar-refractivity contribution in [3.63, 3.8) is 0 Å². The molecule has 0 aliphatic rings. The molecular weight excluding hydrogens is 373 g/mol. The summed E-state index contributed by atoms with van der Waals surface area (Å²) in [7, 11) is 0. The average Bonchev–Trinajstić information content (AvgIpc) is 2.74. The Morgan fingerprint density at radius 3 is 2.45 bits per heavy atom. The molecule has 0 aliphatic carbocycles. The molecule has 0 fully saturated rings. The summed E-state index contributed by atoms with van der Waals surface area (Å²) in [5.74, 6) is -1.13. The normalized spacial score (nSPS) is 10.5. The van der Waals surface area contributed by atoms with Crippen LogP contribution in [0.25, 0.3) is 0 Å². The Hall–Kier alpha value is -4.00. The summed E-state index contributed by atoms with van der Waals surface area (Å²) in [6.07, 6.45) is 1.47. The van der Waals surface area contributed by atoms with Gasteiger partial charge in [-0.1, -0.05) is 24.3 Å². The second kappa shape index (κ2) is 9.80. The Labute approximate surface area is 167 Å². The van der Waals surface area contributed by atoms with Crippen molar-refractivity contribution in [3.05, 3.63) is 95.8 Å². The first-order valence-electron chi connectivity index (χ1n) is 8.79. The number of benzene rings is 3. The van der Waals surface area contributed by atoms with Crippen LogP contribution >= 0.6 is 0 Å². The van der Waals surface area contributed by atoms with Gasteiger partial charge in [0.1, 0.15) is 11.6 Å². The Kier molecular flexibility index (Phi) is 6.67. The smallest absolute Gasteiger partial charge is 0.343 e. The molecule has 0 bridgehead atoms. The molecule has 0 atom stereocenters. The van der Waals surface area contributed by atoms with Gasteiger partial charge in [0, 0.05) is 5.69 Å². The van der Waals surface area contributed by atoms with Crippen molar-refractivity contribution in [2.45, 2.75) is 0 Å². The molecule has 3 aromatic rings. The van der Waals surface area contributed by atoms with Crippen LogP contribution in [0.1, 0.15) is 15.9 Å². The van der Waals surface area contributed by atoms with E-state index in [1.54, 1.807) is 24.3 Å². The molecule has 6 nitrogen and oxygen atoms in total. The fourth-order valence-electron chi connectivity index (χ4n) is 2.36. The van der Waals surface area contributed by atoms with E-state index in [2.05, 4.69) is 15.8 Å². The number of nitrogens with zero attached hydrogens (tertiary/aromatic N) is 1. The Balaban J connectivity index is 1.47. The predicted octanol–water partition coefficient (Wildman–Crippen LogP) is 3.61. The summed E-state index contributed by atoms with van der Waals surface area (Å²) < 4.78 is 18.4. The summed E-state index contributed by atoms with van der Waals surface area (Å²) >= 11 is 0. The van der Waals surface area contributed by atoms with E-state index in [1.807, 2.05) is 30.3 Å². The summed E-state index contributed by atoms with van der Waals surface area (Å²) in [5.41, 5.74) is 4.09. The third kappa shape index (κ3) is 6.28. The molecule has 2 N–H and O–H groups in total. The van der Waals surface area contributed by atoms with E-state index < -0.39 is 11.8 Å². The van der Waals surface area contributed by atoms with Crippen LogP contribution in [0.5, 0.6) is 5.75 Å². The highest BCUT2D eigenvalue weighted by Gasteiger charge is 2.09. The van der Waals surface area contributed by atoms with Gasteiger partial charge in [0.15, 0.2) is 0 Å². The van der Waals surface area contributed by atoms with E-state index in [4.69, 9.17) is 4.74 Å². The van der Waals surface area contributed by atoms with Crippen LogP contribution in [-0.4, -0.2) is 24.6 Å². The van der Waals surface area contributed by atoms with Crippen LogP contribution in [0.15, 0.2) is 84.0 Å². The van der Waals surface area contributed by atoms with Gasteiger partial charge in [-0.3, -0.25) is 4.79 Å². The van der Waals surface area contributed by atoms with E-state index in [0.717, 1.165) is 11.8 Å². The quantitative estimate of drug-likeness (QED) is 0.279. The fraction of sp³-hybridized carbons (Fsp3) is 0.0455. The molecule has 0 unspecified atom stereocenters. The number of para-hydroxylation sites is 1. The van der Waals surface area contributed by atoms with Crippen molar-refractivity contribution in [1.82, 2.24) is 5.43 Å². The van der Waals surface area contributed by atoms with Gasteiger partial charge in [-0.2, -0.15) is 5.10 Å². The molecule has 3 aromatic carbocycles. The third-order valence-corrected chi connectivity index (χ3v) is 3.78. The van der Waals surface area contributed by atoms with Gasteiger partial charge in [-0.25, -0.2) is 14.6 Å². The topological polar surface area (TPSA) is 79.8 Å². The zero-order valence-corrected chi connectivity index (χ0v) is 15.3. The maximum Gasteiger partial charge on any atom is 0.343 e. The number of carbonyl (C=O) groups is 2. The lowest BCUT2D eigenvalue weighted by atomic mass is 10.2. The number of carbonyl (C=O) groups excluding carboxylic acids is 2. The highest BCUT2D eigenvalue weighted by molar-refractivity contribution is 5.91. The summed E-state index contributed by atoms with van der Waals surface area (Å²) in [6.45, 7) is 0.0936. The van der Waals surface area contributed by atoms with Crippen LogP contribution in [0.3, 0.4) is 0 Å². The average molecular weight is 391 g/mol. The Morgan fingerprint density at radius 1 is 0.966 bits per heavy atom. The number of anilines is 1. The Morgan fingerprint density at radius 2 is 1.72 bits per heavy atom. The first kappa shape index (κ1) is 19.8. The number of ether oxygens (including phenoxy) is 1. The lowest BCUT2D eigenvalue weighted by Crippen LogP contribution is -2.25. The van der Waals surface area contributed by atoms with Gasteiger partial charge in [-0.05, 0) is 60.2 Å². The molecule has 146 valence electrons. The minimum atomic E-state index is -0.649. The second-order valence-electron chi connectivity index (χ2n) is 5.98. The number of hydrazone groups is 1. The van der Waals surface area contributed by atoms with Gasteiger partial charge in [-0.15, -0.1) is 0 Å². The molecule has 1 amide bonds. The van der Waals surface area contributed by atoms with Crippen LogP contribution in [0.2, 0.25) is 0 Å². The van der Waals surface area contributed by atoms with E-state index in [-0.39, 0.29) is 18.0 Å². The molecule has 7 heteroatoms. The van der Waals surface area contributed by atoms with Gasteiger partial charge >= 0.3 is 5.97 Å². The molecule has 0 radical (unpaired) electrons. The van der Waals surface area contributed by atoms with Gasteiger partial charge in [0.2, 0.25) is 0 Å². The summed E-state index contributed by atoms with van der Waals surface area (Å²) in [6, 6.07) is 21.1. The molecule has 0 heterocycles. The van der Waals surface area contributed by atoms with Crippen LogP contribution in [-0.2, 0) is 4.79 Å². The zero-order valence-electron chi connectivity index (χ0n) is 15.3. The SMILES string of the molecule is O=C(CNc1ccccc1)N/N=C\c1ccc(OC(=O)c2cccc(F)c2)cc1. The third-order valence-electron chi connectivity index (χ3n) is 3.78. The highest BCUT2D eigenvalue weighted by atomic mass is 19.1. The van der Waals surface area contributed by atoms with Crippen molar-refractivity contribution in [3.8, 4) is 5.75 Å². The van der Waals surface area contributed by atoms with Gasteiger partial charge < -0.3 is 10.1 Å². The van der Waals surface area contributed by atoms with Crippen molar-refractivity contribution in [2.24, 2.45) is 5.10 Å². The second-order valence-corrected chi connectivity index (χ2v) is 5.98. The van der Waals surface area contributed by atoms with E-state index >= 15 is 0 Å². The predicted molar refractivity (Wildman–Crippen MR) is 108 cm³/mol. The largest absolute Gasteiger partial charge is 0.423 e. The van der Waals surface area contributed by atoms with Crippen molar-refractivity contribution >= 4 is 23.8 Å². The number of hydrogen-bond acceptors (Lipinski definition) is 5. The van der Waals surface area contributed by atoms with Crippen LogP contribution in [0.4, 0.5) is 10.1 Å². The van der Waals surface area contributed by atoms with Gasteiger partial charge in [0.25, 0.3) is 5.91 Å². The molecule has 0 saturated carbocycles. The number of nitrogens with one attached hydrogen (secondary N) is 2. The molecule has 29 heavy (non-hydrogen) atoms. The number of rotatable bonds is 7. The standard InChI is InChI=1S/C22H18FN3O3/c23-18-6-4-5-17(13-18)22(28)29-20-11-9-16(10-12-20)14-25-26-21(27)15-24-19-7-2-1-3-8-19/h1-14,24H,15H2,(H,26,27)/b25-14-. The summed E-state index contributed by atoms with van der Waals surface area (Å²) in [4.78, 5) is 23.8. The monoisotopic (exact) mass is 391 g/mol. The Bertz CT molecular complexity index is 1010. The van der Waals surface area contributed by atoms with Crippen LogP contribution < -0.4 is 15.5 Å².